The van der Waals surface area contributed by atoms with Crippen LogP contribution in [0.2, 0.25) is 0 Å². The lowest BCUT2D eigenvalue weighted by molar-refractivity contribution is 0.868. The van der Waals surface area contributed by atoms with Gasteiger partial charge in [-0.2, -0.15) is 0 Å². The van der Waals surface area contributed by atoms with Crippen molar-refractivity contribution >= 4 is 76.2 Å². The first-order chi connectivity index (χ1) is 18.5. The molecule has 0 amide bonds. The number of hydrogen-bond acceptors (Lipinski definition) is 0. The third-order valence-corrected chi connectivity index (χ3v) is 9.12. The van der Waals surface area contributed by atoms with Gasteiger partial charge in [0, 0.05) is 43.1 Å². The molecule has 9 aromatic rings. The van der Waals surface area contributed by atoms with Gasteiger partial charge in [-0.25, -0.2) is 0 Å². The minimum Gasteiger partial charge on any atom is -0.308 e. The maximum atomic E-state index is 2.55. The molecule has 0 saturated carbocycles. The maximum absolute atomic E-state index is 2.55. The molecule has 0 radical (unpaired) electrons. The second-order valence-electron chi connectivity index (χ2n) is 11.8. The van der Waals surface area contributed by atoms with Gasteiger partial charge >= 0.3 is 0 Å². The summed E-state index contributed by atoms with van der Waals surface area (Å²) in [7, 11) is 0. The molecule has 182 valence electrons. The van der Waals surface area contributed by atoms with Crippen molar-refractivity contribution in [3.05, 3.63) is 96.1 Å². The minimum absolute atomic E-state index is 0.484. The lowest BCUT2D eigenvalue weighted by Crippen LogP contribution is -1.87. The van der Waals surface area contributed by atoms with Gasteiger partial charge in [0.2, 0.25) is 0 Å². The molecule has 4 heterocycles. The maximum Gasteiger partial charge on any atom is 0.0634 e. The van der Waals surface area contributed by atoms with E-state index in [1.54, 1.807) is 0 Å². The van der Waals surface area contributed by atoms with Crippen LogP contribution in [0.1, 0.15) is 50.7 Å². The Balaban J connectivity index is 1.72. The molecule has 0 N–H and O–H groups in total. The van der Waals surface area contributed by atoms with Crippen LogP contribution in [0, 0.1) is 0 Å². The number of para-hydroxylation sites is 2. The normalized spacial score (nSPS) is 13.2. The van der Waals surface area contributed by atoms with Crippen molar-refractivity contribution in [1.29, 1.82) is 0 Å². The zero-order valence-corrected chi connectivity index (χ0v) is 22.1. The summed E-state index contributed by atoms with van der Waals surface area (Å²) >= 11 is 0. The van der Waals surface area contributed by atoms with Crippen LogP contribution < -0.4 is 0 Å². The van der Waals surface area contributed by atoms with Gasteiger partial charge in [-0.3, -0.25) is 0 Å². The van der Waals surface area contributed by atoms with Crippen LogP contribution in [0.5, 0.6) is 0 Å². The molecule has 0 aliphatic carbocycles. The van der Waals surface area contributed by atoms with Gasteiger partial charge in [0.15, 0.2) is 0 Å². The van der Waals surface area contributed by atoms with Crippen molar-refractivity contribution in [2.75, 3.05) is 0 Å². The topological polar surface area (TPSA) is 8.82 Å². The van der Waals surface area contributed by atoms with Crippen molar-refractivity contribution in [3.8, 4) is 0 Å². The third-order valence-electron chi connectivity index (χ3n) is 9.12. The van der Waals surface area contributed by atoms with E-state index in [0.29, 0.717) is 11.8 Å². The van der Waals surface area contributed by atoms with Crippen LogP contribution in [-0.2, 0) is 0 Å². The summed E-state index contributed by atoms with van der Waals surface area (Å²) in [6.07, 6.45) is 0. The van der Waals surface area contributed by atoms with Crippen LogP contribution in [0.15, 0.2) is 84.9 Å². The predicted octanol–water partition coefficient (Wildman–Crippen LogP) is 10.2. The average molecular weight is 489 g/mol. The summed E-state index contributed by atoms with van der Waals surface area (Å²) < 4.78 is 5.09. The number of fused-ring (bicyclic) bond motifs is 14. The Morgan fingerprint density at radius 3 is 1.21 bits per heavy atom. The molecule has 2 nitrogen and oxygen atoms in total. The van der Waals surface area contributed by atoms with Crippen molar-refractivity contribution in [2.24, 2.45) is 0 Å². The Labute approximate surface area is 220 Å². The molecule has 9 rings (SSSR count). The monoisotopic (exact) mass is 488 g/mol. The molecule has 0 spiro atoms. The fourth-order valence-electron chi connectivity index (χ4n) is 7.34. The van der Waals surface area contributed by atoms with E-state index in [2.05, 4.69) is 121 Å². The van der Waals surface area contributed by atoms with E-state index in [-0.39, 0.29) is 0 Å². The van der Waals surface area contributed by atoms with Gasteiger partial charge in [-0.15, -0.1) is 0 Å². The number of hydrogen-bond donors (Lipinski definition) is 0. The molecule has 0 aliphatic rings. The number of nitrogens with zero attached hydrogens (tertiary/aromatic N) is 2. The summed E-state index contributed by atoms with van der Waals surface area (Å²) in [6, 6.07) is 32.3. The highest BCUT2D eigenvalue weighted by Gasteiger charge is 2.28. The van der Waals surface area contributed by atoms with E-state index in [1.807, 2.05) is 0 Å². The van der Waals surface area contributed by atoms with E-state index >= 15 is 0 Å². The van der Waals surface area contributed by atoms with Gasteiger partial charge in [-0.1, -0.05) is 76.2 Å². The highest BCUT2D eigenvalue weighted by atomic mass is 14.9. The molecule has 0 aliphatic heterocycles. The number of rotatable bonds is 2. The lowest BCUT2D eigenvalue weighted by atomic mass is 9.94. The second kappa shape index (κ2) is 6.76. The van der Waals surface area contributed by atoms with E-state index in [0.717, 1.165) is 0 Å². The molecule has 4 aromatic heterocycles. The molecular weight excluding hydrogens is 460 g/mol. The number of benzene rings is 5. The molecule has 2 heteroatoms. The van der Waals surface area contributed by atoms with Crippen LogP contribution in [0.25, 0.3) is 76.2 Å². The fraction of sp³-hybridized carbons (Fsp3) is 0.167. The first-order valence-corrected chi connectivity index (χ1v) is 13.9. The molecular formula is C36H28N2. The molecule has 5 aromatic carbocycles. The second-order valence-corrected chi connectivity index (χ2v) is 11.8. The van der Waals surface area contributed by atoms with E-state index in [9.17, 15) is 0 Å². The standard InChI is InChI=1S/C36H28N2/c1-19(2)21-13-15-29-25(17-21)33-31-23-9-5-8-12-28(23)38-30-16-14-22(20(3)4)18-26(30)34(36(31)38)32-24-10-6-7-11-27(24)37(29)35(32)33/h5-20H,1-4H3. The smallest absolute Gasteiger partial charge is 0.0634 e. The van der Waals surface area contributed by atoms with Crippen LogP contribution >= 0.6 is 0 Å². The zero-order chi connectivity index (χ0) is 25.4. The van der Waals surface area contributed by atoms with Crippen LogP contribution in [0.3, 0.4) is 0 Å². The average Bonchev–Trinajstić information content (AvgIpc) is 3.64. The molecule has 0 saturated heterocycles. The Morgan fingerprint density at radius 1 is 0.421 bits per heavy atom. The predicted molar refractivity (Wildman–Crippen MR) is 164 cm³/mol. The summed E-state index contributed by atoms with van der Waals surface area (Å²) in [4.78, 5) is 0. The Morgan fingerprint density at radius 2 is 0.789 bits per heavy atom. The Hall–Kier alpha value is -4.30. The van der Waals surface area contributed by atoms with Gasteiger partial charge in [0.05, 0.1) is 33.1 Å². The molecule has 0 atom stereocenters. The zero-order valence-electron chi connectivity index (χ0n) is 22.1. The fourth-order valence-corrected chi connectivity index (χ4v) is 7.34. The van der Waals surface area contributed by atoms with Crippen LogP contribution in [-0.4, -0.2) is 8.80 Å². The molecule has 38 heavy (non-hydrogen) atoms. The van der Waals surface area contributed by atoms with Crippen molar-refractivity contribution in [2.45, 2.75) is 39.5 Å². The molecule has 0 bridgehead atoms. The summed E-state index contributed by atoms with van der Waals surface area (Å²) in [6.45, 7) is 9.18. The summed E-state index contributed by atoms with van der Waals surface area (Å²) in [5, 5.41) is 11.0. The van der Waals surface area contributed by atoms with Crippen molar-refractivity contribution < 1.29 is 0 Å². The summed E-state index contributed by atoms with van der Waals surface area (Å²) in [5.41, 5.74) is 10.7. The summed E-state index contributed by atoms with van der Waals surface area (Å²) in [5.74, 6) is 0.969. The van der Waals surface area contributed by atoms with Gasteiger partial charge in [0.25, 0.3) is 0 Å². The highest BCUT2D eigenvalue weighted by Crippen LogP contribution is 2.51. The van der Waals surface area contributed by atoms with E-state index < -0.39 is 0 Å². The van der Waals surface area contributed by atoms with Crippen molar-refractivity contribution in [1.82, 2.24) is 8.80 Å². The van der Waals surface area contributed by atoms with Crippen LogP contribution in [0.4, 0.5) is 0 Å². The van der Waals surface area contributed by atoms with E-state index in [1.165, 1.54) is 87.3 Å². The van der Waals surface area contributed by atoms with Gasteiger partial charge in [0.1, 0.15) is 0 Å². The number of aromatic nitrogens is 2. The quantitative estimate of drug-likeness (QED) is 0.229. The first-order valence-electron chi connectivity index (χ1n) is 13.9. The van der Waals surface area contributed by atoms with Gasteiger partial charge in [-0.05, 0) is 59.4 Å². The molecule has 0 unspecified atom stereocenters. The minimum atomic E-state index is 0.484. The lowest BCUT2D eigenvalue weighted by Gasteiger charge is -2.07. The Kier molecular flexibility index (Phi) is 3.69. The van der Waals surface area contributed by atoms with Crippen molar-refractivity contribution in [3.63, 3.8) is 0 Å². The first kappa shape index (κ1) is 20.7. The van der Waals surface area contributed by atoms with E-state index in [4.69, 9.17) is 0 Å². The highest BCUT2D eigenvalue weighted by molar-refractivity contribution is 6.45. The van der Waals surface area contributed by atoms with Gasteiger partial charge < -0.3 is 8.80 Å². The Bertz CT molecular complexity index is 2220. The molecule has 0 fully saturated rings. The SMILES string of the molecule is CC(C)c1ccc2c(c1)c1c3c4ccccc4n4c5ccc(C(C)C)cc5c(c5c6ccccc6n2c51)c34. The third kappa shape index (κ3) is 2.23. The largest absolute Gasteiger partial charge is 0.308 e.